The van der Waals surface area contributed by atoms with Crippen molar-refractivity contribution in [2.24, 2.45) is 5.92 Å². The standard InChI is InChI=1S/C8H18O5S/c1-4-7(2)8(12-6-11-3)5-13-14(9)10/h7-8H,4-6H2,1-3H3,(H,9,10)/p-1. The highest BCUT2D eigenvalue weighted by Gasteiger charge is 2.16. The molecule has 86 valence electrons. The van der Waals surface area contributed by atoms with Gasteiger partial charge >= 0.3 is 0 Å². The summed E-state index contributed by atoms with van der Waals surface area (Å²) in [6, 6.07) is 0. The van der Waals surface area contributed by atoms with Crippen molar-refractivity contribution in [3.8, 4) is 0 Å². The first-order valence-corrected chi connectivity index (χ1v) is 5.44. The molecule has 0 heterocycles. The van der Waals surface area contributed by atoms with E-state index in [1.807, 2.05) is 13.8 Å². The molecule has 0 aromatic carbocycles. The third-order valence-electron chi connectivity index (χ3n) is 2.01. The summed E-state index contributed by atoms with van der Waals surface area (Å²) in [5.41, 5.74) is 0. The molecule has 14 heavy (non-hydrogen) atoms. The molecule has 0 aliphatic carbocycles. The second-order valence-electron chi connectivity index (χ2n) is 2.99. The molecule has 0 aliphatic rings. The lowest BCUT2D eigenvalue weighted by Gasteiger charge is -2.23. The van der Waals surface area contributed by atoms with Crippen LogP contribution >= 0.6 is 0 Å². The quantitative estimate of drug-likeness (QED) is 0.452. The van der Waals surface area contributed by atoms with E-state index < -0.39 is 11.4 Å². The van der Waals surface area contributed by atoms with Crippen molar-refractivity contribution < 1.29 is 22.4 Å². The van der Waals surface area contributed by atoms with E-state index in [0.717, 1.165) is 6.42 Å². The largest absolute Gasteiger partial charge is 0.750 e. The maximum Gasteiger partial charge on any atom is 0.146 e. The number of ether oxygens (including phenoxy) is 2. The molecular weight excluding hydrogens is 208 g/mol. The fourth-order valence-corrected chi connectivity index (χ4v) is 1.16. The topological polar surface area (TPSA) is 67.8 Å². The molecule has 0 bridgehead atoms. The van der Waals surface area contributed by atoms with E-state index in [0.29, 0.717) is 0 Å². The Labute approximate surface area is 87.2 Å². The minimum atomic E-state index is -2.48. The van der Waals surface area contributed by atoms with Crippen LogP contribution in [0.15, 0.2) is 0 Å². The van der Waals surface area contributed by atoms with Gasteiger partial charge in [-0.25, -0.2) is 4.21 Å². The zero-order valence-electron chi connectivity index (χ0n) is 8.73. The predicted octanol–water partition coefficient (Wildman–Crippen LogP) is 0.832. The van der Waals surface area contributed by atoms with Gasteiger partial charge < -0.3 is 14.0 Å². The van der Waals surface area contributed by atoms with E-state index in [4.69, 9.17) is 9.47 Å². The summed E-state index contributed by atoms with van der Waals surface area (Å²) in [5.74, 6) is 0.230. The highest BCUT2D eigenvalue weighted by Crippen LogP contribution is 2.12. The van der Waals surface area contributed by atoms with Crippen molar-refractivity contribution in [1.29, 1.82) is 0 Å². The molecule has 5 nitrogen and oxygen atoms in total. The third kappa shape index (κ3) is 6.44. The van der Waals surface area contributed by atoms with E-state index in [2.05, 4.69) is 4.18 Å². The zero-order valence-corrected chi connectivity index (χ0v) is 9.54. The number of rotatable bonds is 8. The summed E-state index contributed by atoms with van der Waals surface area (Å²) in [6.45, 7) is 4.15. The molecular formula is C8H17O5S-. The Balaban J connectivity index is 3.89. The summed E-state index contributed by atoms with van der Waals surface area (Å²) in [7, 11) is 1.51. The summed E-state index contributed by atoms with van der Waals surface area (Å²) in [5, 5.41) is 0. The van der Waals surface area contributed by atoms with Crippen molar-refractivity contribution in [3.05, 3.63) is 0 Å². The van der Waals surface area contributed by atoms with Gasteiger partial charge in [-0.2, -0.15) is 0 Å². The Kier molecular flexibility index (Phi) is 8.30. The molecule has 0 aliphatic heterocycles. The lowest BCUT2D eigenvalue weighted by Crippen LogP contribution is -2.28. The number of methoxy groups -OCH3 is 1. The molecule has 0 N–H and O–H groups in total. The number of hydrogen-bond acceptors (Lipinski definition) is 5. The minimum absolute atomic E-state index is 0.0362. The summed E-state index contributed by atoms with van der Waals surface area (Å²) in [4.78, 5) is 0. The smallest absolute Gasteiger partial charge is 0.146 e. The summed E-state index contributed by atoms with van der Waals surface area (Å²) in [6.07, 6.45) is 0.640. The van der Waals surface area contributed by atoms with Crippen LogP contribution in [0.25, 0.3) is 0 Å². The summed E-state index contributed by atoms with van der Waals surface area (Å²) < 4.78 is 34.8. The van der Waals surface area contributed by atoms with Gasteiger partial charge in [-0.1, -0.05) is 20.3 Å². The van der Waals surface area contributed by atoms with Crippen LogP contribution in [-0.2, 0) is 25.0 Å². The molecule has 0 rings (SSSR count). The molecule has 0 radical (unpaired) electrons. The van der Waals surface area contributed by atoms with Crippen molar-refractivity contribution in [2.45, 2.75) is 26.4 Å². The van der Waals surface area contributed by atoms with E-state index in [-0.39, 0.29) is 25.4 Å². The van der Waals surface area contributed by atoms with Crippen LogP contribution in [0.3, 0.4) is 0 Å². The van der Waals surface area contributed by atoms with Crippen molar-refractivity contribution >= 4 is 11.4 Å². The first-order chi connectivity index (χ1) is 6.61. The van der Waals surface area contributed by atoms with Crippen LogP contribution in [0.1, 0.15) is 20.3 Å². The van der Waals surface area contributed by atoms with Gasteiger partial charge in [0.1, 0.15) is 6.79 Å². The molecule has 0 spiro atoms. The molecule has 0 amide bonds. The van der Waals surface area contributed by atoms with E-state index in [9.17, 15) is 8.76 Å². The lowest BCUT2D eigenvalue weighted by atomic mass is 10.0. The fraction of sp³-hybridized carbons (Fsp3) is 1.00. The molecule has 3 unspecified atom stereocenters. The van der Waals surface area contributed by atoms with Gasteiger partial charge in [0.2, 0.25) is 0 Å². The van der Waals surface area contributed by atoms with Crippen LogP contribution < -0.4 is 0 Å². The zero-order chi connectivity index (χ0) is 11.0. The maximum absolute atomic E-state index is 10.2. The van der Waals surface area contributed by atoms with E-state index >= 15 is 0 Å². The Morgan fingerprint density at radius 2 is 2.14 bits per heavy atom. The van der Waals surface area contributed by atoms with Gasteiger partial charge in [-0.15, -0.1) is 0 Å². The average molecular weight is 225 g/mol. The monoisotopic (exact) mass is 225 g/mol. The fourth-order valence-electron chi connectivity index (χ4n) is 0.918. The molecule has 6 heteroatoms. The van der Waals surface area contributed by atoms with E-state index in [1.54, 1.807) is 0 Å². The van der Waals surface area contributed by atoms with Gasteiger partial charge in [0.25, 0.3) is 0 Å². The minimum Gasteiger partial charge on any atom is -0.750 e. The predicted molar refractivity (Wildman–Crippen MR) is 51.1 cm³/mol. The Morgan fingerprint density at radius 3 is 2.57 bits per heavy atom. The van der Waals surface area contributed by atoms with Crippen molar-refractivity contribution in [2.75, 3.05) is 20.5 Å². The second kappa shape index (κ2) is 8.31. The molecule has 0 saturated heterocycles. The molecule has 0 fully saturated rings. The van der Waals surface area contributed by atoms with Crippen molar-refractivity contribution in [1.82, 2.24) is 0 Å². The Morgan fingerprint density at radius 1 is 1.50 bits per heavy atom. The first kappa shape index (κ1) is 14.0. The molecule has 3 atom stereocenters. The van der Waals surface area contributed by atoms with Gasteiger partial charge in [0, 0.05) is 7.11 Å². The highest BCUT2D eigenvalue weighted by atomic mass is 32.2. The highest BCUT2D eigenvalue weighted by molar-refractivity contribution is 7.74. The van der Waals surface area contributed by atoms with Gasteiger partial charge in [0.05, 0.1) is 24.1 Å². The van der Waals surface area contributed by atoms with E-state index in [1.165, 1.54) is 7.11 Å². The summed E-state index contributed by atoms with van der Waals surface area (Å²) >= 11 is -2.48. The normalized spacial score (nSPS) is 17.7. The van der Waals surface area contributed by atoms with Crippen LogP contribution in [0, 0.1) is 5.92 Å². The average Bonchev–Trinajstić information content (AvgIpc) is 2.16. The van der Waals surface area contributed by atoms with Crippen LogP contribution in [0.4, 0.5) is 0 Å². The van der Waals surface area contributed by atoms with Gasteiger partial charge in [0.15, 0.2) is 0 Å². The second-order valence-corrected chi connectivity index (χ2v) is 3.63. The first-order valence-electron chi connectivity index (χ1n) is 4.44. The Bertz CT molecular complexity index is 164. The molecule has 0 saturated carbocycles. The van der Waals surface area contributed by atoms with Gasteiger partial charge in [-0.3, -0.25) is 4.18 Å². The SMILES string of the molecule is CCC(C)C(COS(=O)[O-])OCOC. The molecule has 0 aromatic rings. The van der Waals surface area contributed by atoms with Gasteiger partial charge in [-0.05, 0) is 5.92 Å². The van der Waals surface area contributed by atoms with Crippen LogP contribution in [0.2, 0.25) is 0 Å². The maximum atomic E-state index is 10.2. The number of hydrogen-bond donors (Lipinski definition) is 0. The van der Waals surface area contributed by atoms with Crippen LogP contribution in [-0.4, -0.2) is 35.4 Å². The Hall–Kier alpha value is -0.0100. The van der Waals surface area contributed by atoms with Crippen molar-refractivity contribution in [3.63, 3.8) is 0 Å². The lowest BCUT2D eigenvalue weighted by molar-refractivity contribution is -0.101. The van der Waals surface area contributed by atoms with Crippen LogP contribution in [0.5, 0.6) is 0 Å². The molecule has 0 aromatic heterocycles. The third-order valence-corrected chi connectivity index (χ3v) is 2.34.